The first-order valence-electron chi connectivity index (χ1n) is 8.09. The quantitative estimate of drug-likeness (QED) is 0.876. The number of nitrogens with one attached hydrogen (secondary N) is 1. The SMILES string of the molecule is CCCNC(=O)C1=CCC2=C(C=C1)c1ccccc1C2(O)C(F)(F)F. The zero-order valence-corrected chi connectivity index (χ0v) is 13.7. The summed E-state index contributed by atoms with van der Waals surface area (Å²) >= 11 is 0. The van der Waals surface area contributed by atoms with E-state index in [0.717, 1.165) is 6.42 Å². The minimum Gasteiger partial charge on any atom is -0.372 e. The molecule has 0 saturated heterocycles. The number of rotatable bonds is 3. The molecule has 3 rings (SSSR count). The van der Waals surface area contributed by atoms with Crippen LogP contribution in [0.2, 0.25) is 0 Å². The molecule has 0 aromatic heterocycles. The number of hydrogen-bond donors (Lipinski definition) is 2. The van der Waals surface area contributed by atoms with E-state index in [2.05, 4.69) is 5.32 Å². The van der Waals surface area contributed by atoms with Gasteiger partial charge in [-0.25, -0.2) is 0 Å². The van der Waals surface area contributed by atoms with Gasteiger partial charge in [0.05, 0.1) is 0 Å². The van der Waals surface area contributed by atoms with Crippen molar-refractivity contribution in [3.8, 4) is 0 Å². The maximum absolute atomic E-state index is 13.7. The number of benzene rings is 1. The molecule has 3 nitrogen and oxygen atoms in total. The zero-order valence-electron chi connectivity index (χ0n) is 13.7. The van der Waals surface area contributed by atoms with Gasteiger partial charge in [-0.2, -0.15) is 13.2 Å². The summed E-state index contributed by atoms with van der Waals surface area (Å²) in [7, 11) is 0. The fourth-order valence-corrected chi connectivity index (χ4v) is 3.29. The molecule has 0 heterocycles. The van der Waals surface area contributed by atoms with E-state index in [4.69, 9.17) is 0 Å². The van der Waals surface area contributed by atoms with E-state index in [9.17, 15) is 23.1 Å². The van der Waals surface area contributed by atoms with Crippen molar-refractivity contribution in [2.45, 2.75) is 31.5 Å². The molecule has 2 aliphatic rings. The Morgan fingerprint density at radius 1 is 1.28 bits per heavy atom. The van der Waals surface area contributed by atoms with Gasteiger partial charge >= 0.3 is 6.18 Å². The molecule has 1 unspecified atom stereocenters. The molecule has 0 bridgehead atoms. The predicted molar refractivity (Wildman–Crippen MR) is 88.5 cm³/mol. The second-order valence-corrected chi connectivity index (χ2v) is 6.10. The van der Waals surface area contributed by atoms with E-state index in [1.165, 1.54) is 30.4 Å². The van der Waals surface area contributed by atoms with Gasteiger partial charge in [0.1, 0.15) is 0 Å². The van der Waals surface area contributed by atoms with Crippen LogP contribution in [0, 0.1) is 0 Å². The minimum atomic E-state index is -4.85. The topological polar surface area (TPSA) is 49.3 Å². The van der Waals surface area contributed by atoms with Gasteiger partial charge < -0.3 is 10.4 Å². The van der Waals surface area contributed by atoms with Crippen molar-refractivity contribution in [3.63, 3.8) is 0 Å². The van der Waals surface area contributed by atoms with Gasteiger partial charge in [0.25, 0.3) is 5.91 Å². The number of fused-ring (bicyclic) bond motifs is 2. The average Bonchev–Trinajstić information content (AvgIpc) is 2.72. The lowest BCUT2D eigenvalue weighted by atomic mass is 9.87. The smallest absolute Gasteiger partial charge is 0.372 e. The molecule has 1 amide bonds. The molecule has 0 aliphatic heterocycles. The number of alkyl halides is 3. The van der Waals surface area contributed by atoms with E-state index in [-0.39, 0.29) is 23.5 Å². The third kappa shape index (κ3) is 2.70. The van der Waals surface area contributed by atoms with Crippen LogP contribution in [0.4, 0.5) is 13.2 Å². The Morgan fingerprint density at radius 3 is 2.68 bits per heavy atom. The highest BCUT2D eigenvalue weighted by Crippen LogP contribution is 2.55. The molecule has 6 heteroatoms. The lowest BCUT2D eigenvalue weighted by Gasteiger charge is -2.30. The van der Waals surface area contributed by atoms with E-state index in [1.807, 2.05) is 6.92 Å². The van der Waals surface area contributed by atoms with Gasteiger partial charge in [-0.1, -0.05) is 43.3 Å². The van der Waals surface area contributed by atoms with Crippen molar-refractivity contribution in [1.82, 2.24) is 5.32 Å². The Labute approximate surface area is 143 Å². The van der Waals surface area contributed by atoms with Gasteiger partial charge in [0.2, 0.25) is 5.60 Å². The lowest BCUT2D eigenvalue weighted by molar-refractivity contribution is -0.249. The Kier molecular flexibility index (Phi) is 4.33. The molecule has 25 heavy (non-hydrogen) atoms. The average molecular weight is 349 g/mol. The molecule has 0 saturated carbocycles. The van der Waals surface area contributed by atoms with Gasteiger partial charge in [-0.05, 0) is 35.6 Å². The number of hydrogen-bond acceptors (Lipinski definition) is 2. The normalized spacial score (nSPS) is 22.2. The van der Waals surface area contributed by atoms with Gasteiger partial charge in [0.15, 0.2) is 0 Å². The molecular formula is C19H18F3NO2. The number of halogens is 3. The number of amides is 1. The molecule has 0 spiro atoms. The van der Waals surface area contributed by atoms with Crippen LogP contribution in [-0.2, 0) is 10.4 Å². The van der Waals surface area contributed by atoms with Crippen LogP contribution in [-0.4, -0.2) is 23.7 Å². The number of allylic oxidation sites excluding steroid dienone is 3. The van der Waals surface area contributed by atoms with Crippen molar-refractivity contribution in [3.05, 3.63) is 64.8 Å². The summed E-state index contributed by atoms with van der Waals surface area (Å²) in [6.45, 7) is 2.40. The summed E-state index contributed by atoms with van der Waals surface area (Å²) in [5.41, 5.74) is -2.37. The van der Waals surface area contributed by atoms with Gasteiger partial charge in [-0.15, -0.1) is 0 Å². The van der Waals surface area contributed by atoms with Crippen molar-refractivity contribution in [1.29, 1.82) is 0 Å². The van der Waals surface area contributed by atoms with Crippen molar-refractivity contribution in [2.24, 2.45) is 0 Å². The Bertz CT molecular complexity index is 805. The van der Waals surface area contributed by atoms with Crippen molar-refractivity contribution in [2.75, 3.05) is 6.54 Å². The van der Waals surface area contributed by atoms with E-state index >= 15 is 0 Å². The van der Waals surface area contributed by atoms with Crippen LogP contribution in [0.25, 0.3) is 5.57 Å². The minimum absolute atomic E-state index is 0.143. The van der Waals surface area contributed by atoms with E-state index in [0.29, 0.717) is 23.3 Å². The van der Waals surface area contributed by atoms with Crippen molar-refractivity contribution >= 4 is 11.5 Å². The number of carbonyl (C=O) groups excluding carboxylic acids is 1. The monoisotopic (exact) mass is 349 g/mol. The first-order valence-corrected chi connectivity index (χ1v) is 8.09. The van der Waals surface area contributed by atoms with Crippen LogP contribution in [0.5, 0.6) is 0 Å². The van der Waals surface area contributed by atoms with Crippen LogP contribution in [0.3, 0.4) is 0 Å². The highest BCUT2D eigenvalue weighted by atomic mass is 19.4. The van der Waals surface area contributed by atoms with Crippen LogP contribution < -0.4 is 5.32 Å². The summed E-state index contributed by atoms with van der Waals surface area (Å²) in [5, 5.41) is 13.3. The first kappa shape index (κ1) is 17.5. The summed E-state index contributed by atoms with van der Waals surface area (Å²) in [6, 6.07) is 5.96. The van der Waals surface area contributed by atoms with Crippen molar-refractivity contribution < 1.29 is 23.1 Å². The second-order valence-electron chi connectivity index (χ2n) is 6.10. The highest BCUT2D eigenvalue weighted by Gasteiger charge is 2.61. The molecule has 1 atom stereocenters. The molecule has 132 valence electrons. The molecule has 1 aromatic carbocycles. The molecule has 1 aromatic rings. The van der Waals surface area contributed by atoms with E-state index < -0.39 is 11.8 Å². The summed E-state index contributed by atoms with van der Waals surface area (Å²) < 4.78 is 41.2. The Hall–Kier alpha value is -2.34. The number of carbonyl (C=O) groups is 1. The molecule has 2 aliphatic carbocycles. The maximum atomic E-state index is 13.7. The predicted octanol–water partition coefficient (Wildman–Crippen LogP) is 3.62. The maximum Gasteiger partial charge on any atom is 0.425 e. The summed E-state index contributed by atoms with van der Waals surface area (Å²) in [4.78, 5) is 12.1. The first-order chi connectivity index (χ1) is 11.8. The second kappa shape index (κ2) is 6.19. The Morgan fingerprint density at radius 2 is 2.00 bits per heavy atom. The summed E-state index contributed by atoms with van der Waals surface area (Å²) in [6.07, 6.45) is 0.193. The van der Waals surface area contributed by atoms with Crippen LogP contribution in [0.1, 0.15) is 30.9 Å². The third-order valence-corrected chi connectivity index (χ3v) is 4.53. The third-order valence-electron chi connectivity index (χ3n) is 4.53. The van der Waals surface area contributed by atoms with Crippen LogP contribution in [0.15, 0.2) is 53.6 Å². The fourth-order valence-electron chi connectivity index (χ4n) is 3.29. The molecular weight excluding hydrogens is 331 g/mol. The fraction of sp³-hybridized carbons (Fsp3) is 0.316. The highest BCUT2D eigenvalue weighted by molar-refractivity contribution is 5.98. The summed E-state index contributed by atoms with van der Waals surface area (Å²) in [5.74, 6) is -0.330. The molecule has 0 fully saturated rings. The molecule has 2 N–H and O–H groups in total. The van der Waals surface area contributed by atoms with E-state index in [1.54, 1.807) is 12.1 Å². The number of aliphatic hydroxyl groups is 1. The largest absolute Gasteiger partial charge is 0.425 e. The van der Waals surface area contributed by atoms with Gasteiger partial charge in [-0.3, -0.25) is 4.79 Å². The standard InChI is InChI=1S/C19H18F3NO2/c1-2-11-23-17(24)12-7-9-14-13-5-3-4-6-15(13)18(25,19(20,21)22)16(14)10-8-12/h3-9,25H,2,10-11H2,1H3,(H,23,24). The zero-order chi connectivity index (χ0) is 18.2. The lowest BCUT2D eigenvalue weighted by Crippen LogP contribution is -2.42. The van der Waals surface area contributed by atoms with Crippen LogP contribution >= 0.6 is 0 Å². The molecule has 0 radical (unpaired) electrons. The van der Waals surface area contributed by atoms with Gasteiger partial charge in [0, 0.05) is 17.7 Å². The Balaban J connectivity index is 2.05.